The first-order chi connectivity index (χ1) is 8.88. The smallest absolute Gasteiger partial charge is 0.386 e. The second-order valence-electron chi connectivity index (χ2n) is 4.58. The summed E-state index contributed by atoms with van der Waals surface area (Å²) in [5, 5.41) is 55.5. The fourth-order valence-corrected chi connectivity index (χ4v) is 5.20. The van der Waals surface area contributed by atoms with E-state index in [4.69, 9.17) is 0 Å². The molecule has 0 amide bonds. The molecule has 3 rings (SSSR count). The molecule has 0 aromatic heterocycles. The molecule has 0 aromatic carbocycles. The number of fused-ring (bicyclic) bond motifs is 1. The van der Waals surface area contributed by atoms with Crippen LogP contribution in [0.1, 0.15) is 0 Å². The highest BCUT2D eigenvalue weighted by Crippen LogP contribution is 2.79. The normalized spacial score (nSPS) is 64.5. The monoisotopic (exact) mass is 334 g/mol. The molecule has 0 radical (unpaired) electrons. The van der Waals surface area contributed by atoms with Crippen LogP contribution in [0.5, 0.6) is 0 Å². The number of hydrogen-bond donors (Lipinski definition) is 6. The number of phosphoric ester groups is 1. The van der Waals surface area contributed by atoms with Crippen LogP contribution in [-0.2, 0) is 27.3 Å². The lowest BCUT2D eigenvalue weighted by atomic mass is 9.76. The second-order valence-corrected chi connectivity index (χ2v) is 7.22. The van der Waals surface area contributed by atoms with Crippen molar-refractivity contribution in [2.24, 2.45) is 0 Å². The van der Waals surface area contributed by atoms with Crippen LogP contribution in [0.2, 0.25) is 0 Å². The zero-order valence-corrected chi connectivity index (χ0v) is 11.0. The Hall–Kier alpha value is -0.230. The highest BCUT2D eigenvalue weighted by molar-refractivity contribution is 7.49. The van der Waals surface area contributed by atoms with E-state index >= 15 is 0 Å². The number of phosphoric acid groups is 1. The molecule has 2 saturated heterocycles. The molecule has 0 spiro atoms. The maximum Gasteiger partial charge on any atom is 0.483 e. The predicted octanol–water partition coefficient (Wildman–Crippen LogP) is -3.17. The van der Waals surface area contributed by atoms with Gasteiger partial charge in [0.2, 0.25) is 0 Å². The maximum absolute atomic E-state index is 11.8. The van der Waals surface area contributed by atoms with Crippen LogP contribution < -0.4 is 0 Å². The van der Waals surface area contributed by atoms with E-state index in [2.05, 4.69) is 13.6 Å². The van der Waals surface area contributed by atoms with Gasteiger partial charge in [0.1, 0.15) is 12.2 Å². The fraction of sp³-hybridized carbons (Fsp3) is 1.00. The molecule has 1 aliphatic carbocycles. The largest absolute Gasteiger partial charge is 0.483 e. The van der Waals surface area contributed by atoms with Gasteiger partial charge in [0.15, 0.2) is 0 Å². The van der Waals surface area contributed by atoms with E-state index in [0.29, 0.717) is 0 Å². The van der Waals surface area contributed by atoms with E-state index in [-0.39, 0.29) is 0 Å². The highest BCUT2D eigenvalue weighted by Gasteiger charge is 2.95. The summed E-state index contributed by atoms with van der Waals surface area (Å²) in [5.74, 6) is -10.7. The second kappa shape index (κ2) is 3.40. The number of rotatable bonds is 1. The summed E-state index contributed by atoms with van der Waals surface area (Å²) >= 11 is 0. The molecule has 12 nitrogen and oxygen atoms in total. The minimum atomic E-state index is -4.88. The summed E-state index contributed by atoms with van der Waals surface area (Å²) in [5.41, 5.74) is 0. The van der Waals surface area contributed by atoms with E-state index in [9.17, 15) is 44.3 Å². The molecule has 6 N–H and O–H groups in total. The molecular formula is C6H8O12P2. The van der Waals surface area contributed by atoms with Gasteiger partial charge in [0, 0.05) is 0 Å². The van der Waals surface area contributed by atoms with Crippen LogP contribution >= 0.6 is 15.5 Å². The minimum absolute atomic E-state index is 2.69. The van der Waals surface area contributed by atoms with Crippen molar-refractivity contribution < 1.29 is 57.9 Å². The topological polar surface area (TPSA) is 200 Å². The average Bonchev–Trinajstić information content (AvgIpc) is 2.66. The van der Waals surface area contributed by atoms with E-state index < -0.39 is 50.4 Å². The van der Waals surface area contributed by atoms with Gasteiger partial charge < -0.3 is 30.6 Å². The molecule has 0 aromatic rings. The first-order valence-corrected chi connectivity index (χ1v) is 7.64. The predicted molar refractivity (Wildman–Crippen MR) is 51.0 cm³/mol. The van der Waals surface area contributed by atoms with Gasteiger partial charge in [-0.25, -0.2) is 27.3 Å². The van der Waals surface area contributed by atoms with Crippen molar-refractivity contribution in [2.45, 2.75) is 34.9 Å². The van der Waals surface area contributed by atoms with Crippen molar-refractivity contribution in [2.75, 3.05) is 0 Å². The lowest BCUT2D eigenvalue weighted by molar-refractivity contribution is -0.475. The van der Waals surface area contributed by atoms with Crippen molar-refractivity contribution in [3.63, 3.8) is 0 Å². The summed E-state index contributed by atoms with van der Waals surface area (Å²) in [6.45, 7) is 0. The molecule has 20 heavy (non-hydrogen) atoms. The van der Waals surface area contributed by atoms with Crippen LogP contribution in [-0.4, -0.2) is 65.6 Å². The molecule has 3 fully saturated rings. The Bertz CT molecular complexity index is 609. The summed E-state index contributed by atoms with van der Waals surface area (Å²) in [7, 11) is -9.06. The van der Waals surface area contributed by atoms with Gasteiger partial charge in [-0.2, -0.15) is 0 Å². The van der Waals surface area contributed by atoms with Crippen molar-refractivity contribution in [3.8, 4) is 0 Å². The first kappa shape index (κ1) is 14.7. The van der Waals surface area contributed by atoms with Crippen molar-refractivity contribution in [3.05, 3.63) is 0 Å². The van der Waals surface area contributed by atoms with Gasteiger partial charge in [-0.15, -0.1) is 0 Å². The molecule has 7 atom stereocenters. The third kappa shape index (κ3) is 1.12. The fourth-order valence-electron chi connectivity index (χ4n) is 2.48. The van der Waals surface area contributed by atoms with Crippen LogP contribution in [0.4, 0.5) is 0 Å². The number of hydrogen-bond acceptors (Lipinski definition) is 12. The molecule has 2 bridgehead atoms. The summed E-state index contributed by atoms with van der Waals surface area (Å²) in [4.78, 5) is 0. The lowest BCUT2D eigenvalue weighted by Gasteiger charge is -2.55. The SMILES string of the molecule is O=P(=O)[C@]1(O)[C@H](O)[C@H](O)[C@@]2(O)OP3(=O)O[C@@]1(O)[C@]2(O)O3. The van der Waals surface area contributed by atoms with Gasteiger partial charge in [-0.3, -0.25) is 0 Å². The van der Waals surface area contributed by atoms with Crippen LogP contribution in [0.15, 0.2) is 0 Å². The molecule has 114 valence electrons. The molecule has 3 aliphatic rings. The minimum Gasteiger partial charge on any atom is -0.386 e. The van der Waals surface area contributed by atoms with Crippen molar-refractivity contribution >= 4 is 15.5 Å². The molecular weight excluding hydrogens is 326 g/mol. The van der Waals surface area contributed by atoms with Gasteiger partial charge in [-0.1, -0.05) is 0 Å². The van der Waals surface area contributed by atoms with Crippen LogP contribution in [0.3, 0.4) is 0 Å². The Kier molecular flexibility index (Phi) is 2.50. The summed E-state index contributed by atoms with van der Waals surface area (Å²) in [6.07, 6.45) is -5.46. The zero-order chi connectivity index (χ0) is 15.4. The standard InChI is InChI=1S/C6H8O12P2/c7-1-2(8)4(10,19(13)14)6(12)5(11)3(1,9)16-20(15,17-5)18-6/h1-2,7-12H/t1-,2+,3+,4+,5+,6+,20?/m0/s1. The molecule has 2 aliphatic heterocycles. The highest BCUT2D eigenvalue weighted by atomic mass is 31.2. The Morgan fingerprint density at radius 1 is 0.900 bits per heavy atom. The van der Waals surface area contributed by atoms with E-state index in [1.807, 2.05) is 0 Å². The third-order valence-electron chi connectivity index (χ3n) is 3.57. The van der Waals surface area contributed by atoms with Crippen molar-refractivity contribution in [1.29, 1.82) is 0 Å². The van der Waals surface area contributed by atoms with Gasteiger partial charge in [0.05, 0.1) is 0 Å². The van der Waals surface area contributed by atoms with Gasteiger partial charge in [0.25, 0.3) is 22.7 Å². The Morgan fingerprint density at radius 2 is 1.40 bits per heavy atom. The van der Waals surface area contributed by atoms with E-state index in [1.165, 1.54) is 0 Å². The van der Waals surface area contributed by atoms with Crippen molar-refractivity contribution in [1.82, 2.24) is 0 Å². The summed E-state index contributed by atoms with van der Waals surface area (Å²) in [6, 6.07) is 0. The average molecular weight is 334 g/mol. The molecule has 1 saturated carbocycles. The Labute approximate surface area is 109 Å². The zero-order valence-electron chi connectivity index (χ0n) is 9.18. The van der Waals surface area contributed by atoms with Gasteiger partial charge >= 0.3 is 15.5 Å². The lowest BCUT2D eigenvalue weighted by Crippen LogP contribution is -2.85. The number of aliphatic hydroxyl groups excluding tert-OH is 2. The Balaban J connectivity index is 2.35. The van der Waals surface area contributed by atoms with Gasteiger partial charge in [-0.05, 0) is 0 Å². The third-order valence-corrected chi connectivity index (χ3v) is 6.18. The molecule has 2 heterocycles. The van der Waals surface area contributed by atoms with E-state index in [1.54, 1.807) is 0 Å². The quantitative estimate of drug-likeness (QED) is 0.263. The molecule has 1 unspecified atom stereocenters. The number of aliphatic hydroxyl groups is 6. The Morgan fingerprint density at radius 3 is 1.85 bits per heavy atom. The van der Waals surface area contributed by atoms with Crippen LogP contribution in [0, 0.1) is 0 Å². The first-order valence-electron chi connectivity index (χ1n) is 5.00. The molecule has 14 heteroatoms. The van der Waals surface area contributed by atoms with E-state index in [0.717, 1.165) is 0 Å². The van der Waals surface area contributed by atoms with Crippen LogP contribution in [0.25, 0.3) is 0 Å². The summed E-state index contributed by atoms with van der Waals surface area (Å²) < 4.78 is 46.8. The maximum atomic E-state index is 11.8.